The lowest BCUT2D eigenvalue weighted by Crippen LogP contribution is -2.26. The second-order valence-corrected chi connectivity index (χ2v) is 9.65. The Bertz CT molecular complexity index is 1660. The van der Waals surface area contributed by atoms with Gasteiger partial charge in [0.25, 0.3) is 0 Å². The summed E-state index contributed by atoms with van der Waals surface area (Å²) in [7, 11) is 0. The molecule has 38 heavy (non-hydrogen) atoms. The molecule has 188 valence electrons. The molecule has 0 spiro atoms. The molecule has 2 bridgehead atoms. The normalized spacial score (nSPS) is 20.9. The van der Waals surface area contributed by atoms with Crippen molar-refractivity contribution in [2.45, 2.75) is 37.1 Å². The Hall–Kier alpha value is -4.56. The highest BCUT2D eigenvalue weighted by atomic mass is 16.5. The second kappa shape index (κ2) is 9.08. The Labute approximate surface area is 220 Å². The van der Waals surface area contributed by atoms with E-state index in [9.17, 15) is 15.5 Å². The van der Waals surface area contributed by atoms with Crippen molar-refractivity contribution in [1.82, 2.24) is 4.57 Å². The van der Waals surface area contributed by atoms with Gasteiger partial charge in [-0.3, -0.25) is 4.57 Å². The fraction of sp³-hybridized carbons (Fsp3) is 0.226. The lowest BCUT2D eigenvalue weighted by molar-refractivity contribution is -0.0900. The van der Waals surface area contributed by atoms with E-state index in [1.807, 2.05) is 66.7 Å². The van der Waals surface area contributed by atoms with Crippen molar-refractivity contribution >= 4 is 16.5 Å². The summed E-state index contributed by atoms with van der Waals surface area (Å²) >= 11 is 0. The molecule has 0 fully saturated rings. The average molecular weight is 504 g/mol. The van der Waals surface area contributed by atoms with Gasteiger partial charge in [0.05, 0.1) is 42.7 Å². The molecular formula is C31H25N3O4. The van der Waals surface area contributed by atoms with E-state index < -0.39 is 11.2 Å². The van der Waals surface area contributed by atoms with Gasteiger partial charge < -0.3 is 19.7 Å². The van der Waals surface area contributed by atoms with Crippen LogP contribution in [0.4, 0.5) is 5.69 Å². The lowest BCUT2D eigenvalue weighted by Gasteiger charge is -2.27. The van der Waals surface area contributed by atoms with Crippen LogP contribution in [-0.2, 0) is 27.3 Å². The highest BCUT2D eigenvalue weighted by Gasteiger charge is 2.60. The SMILES string of the molecule is [C-]#[N+]c1ccc(-n2c(O)c3c(c2O)C2(CCOCc4ccccc4)C=CC3(CCC#N)O2)c2ccccc12. The Morgan fingerprint density at radius 1 is 0.895 bits per heavy atom. The molecule has 0 aliphatic carbocycles. The van der Waals surface area contributed by atoms with Gasteiger partial charge in [0.1, 0.15) is 11.2 Å². The van der Waals surface area contributed by atoms with Gasteiger partial charge in [0.15, 0.2) is 5.69 Å². The summed E-state index contributed by atoms with van der Waals surface area (Å²) < 4.78 is 14.0. The summed E-state index contributed by atoms with van der Waals surface area (Å²) in [5.74, 6) is -0.253. The number of hydrogen-bond donors (Lipinski definition) is 2. The van der Waals surface area contributed by atoms with Crippen LogP contribution in [-0.4, -0.2) is 21.4 Å². The van der Waals surface area contributed by atoms with Crippen molar-refractivity contribution in [3.63, 3.8) is 0 Å². The molecule has 2 N–H and O–H groups in total. The number of nitriles is 1. The number of nitrogens with zero attached hydrogens (tertiary/aromatic N) is 3. The van der Waals surface area contributed by atoms with Crippen LogP contribution >= 0.6 is 0 Å². The van der Waals surface area contributed by atoms with E-state index in [4.69, 9.17) is 16.0 Å². The molecule has 0 saturated heterocycles. The lowest BCUT2D eigenvalue weighted by atomic mass is 9.81. The average Bonchev–Trinajstić information content (AvgIpc) is 3.56. The number of rotatable bonds is 8. The monoisotopic (exact) mass is 503 g/mol. The third kappa shape index (κ3) is 3.48. The summed E-state index contributed by atoms with van der Waals surface area (Å²) in [6, 6.07) is 22.9. The molecular weight excluding hydrogens is 478 g/mol. The molecule has 7 heteroatoms. The Morgan fingerprint density at radius 3 is 2.24 bits per heavy atom. The van der Waals surface area contributed by atoms with Gasteiger partial charge in [-0.2, -0.15) is 5.26 Å². The molecule has 3 aromatic carbocycles. The fourth-order valence-electron chi connectivity index (χ4n) is 5.82. The quantitative estimate of drug-likeness (QED) is 0.163. The zero-order chi connectivity index (χ0) is 26.3. The predicted molar refractivity (Wildman–Crippen MR) is 142 cm³/mol. The van der Waals surface area contributed by atoms with Gasteiger partial charge in [0.2, 0.25) is 11.8 Å². The molecule has 2 atom stereocenters. The highest BCUT2D eigenvalue weighted by molar-refractivity contribution is 6.00. The van der Waals surface area contributed by atoms with Crippen molar-refractivity contribution in [2.24, 2.45) is 0 Å². The Balaban J connectivity index is 1.43. The van der Waals surface area contributed by atoms with Gasteiger partial charge >= 0.3 is 0 Å². The van der Waals surface area contributed by atoms with Crippen LogP contribution in [0.15, 0.2) is 78.9 Å². The van der Waals surface area contributed by atoms with E-state index in [2.05, 4.69) is 10.9 Å². The van der Waals surface area contributed by atoms with E-state index in [0.29, 0.717) is 48.6 Å². The van der Waals surface area contributed by atoms with E-state index in [1.54, 1.807) is 12.1 Å². The van der Waals surface area contributed by atoms with Crippen LogP contribution in [0.25, 0.3) is 21.3 Å². The maximum atomic E-state index is 11.7. The molecule has 1 aromatic heterocycles. The van der Waals surface area contributed by atoms with Crippen molar-refractivity contribution in [1.29, 1.82) is 5.26 Å². The summed E-state index contributed by atoms with van der Waals surface area (Å²) in [6.45, 7) is 8.34. The first-order valence-corrected chi connectivity index (χ1v) is 12.5. The third-order valence-corrected chi connectivity index (χ3v) is 7.53. The van der Waals surface area contributed by atoms with E-state index in [0.717, 1.165) is 16.3 Å². The van der Waals surface area contributed by atoms with Gasteiger partial charge in [-0.05, 0) is 41.0 Å². The molecule has 0 saturated carbocycles. The van der Waals surface area contributed by atoms with E-state index in [1.165, 1.54) is 4.57 Å². The Kier molecular flexibility index (Phi) is 5.69. The summed E-state index contributed by atoms with van der Waals surface area (Å²) in [4.78, 5) is 3.62. The van der Waals surface area contributed by atoms with Crippen molar-refractivity contribution in [2.75, 3.05) is 6.61 Å². The van der Waals surface area contributed by atoms with Crippen LogP contribution < -0.4 is 0 Å². The number of aromatic hydroxyl groups is 2. The minimum Gasteiger partial charge on any atom is -0.494 e. The molecule has 0 amide bonds. The summed E-state index contributed by atoms with van der Waals surface area (Å²) in [6.07, 6.45) is 4.80. The van der Waals surface area contributed by atoms with Gasteiger partial charge in [-0.25, -0.2) is 4.85 Å². The summed E-state index contributed by atoms with van der Waals surface area (Å²) in [5, 5.41) is 34.0. The predicted octanol–water partition coefficient (Wildman–Crippen LogP) is 6.49. The van der Waals surface area contributed by atoms with E-state index in [-0.39, 0.29) is 18.2 Å². The zero-order valence-corrected chi connectivity index (χ0v) is 20.6. The first-order valence-electron chi connectivity index (χ1n) is 12.5. The molecule has 4 aromatic rings. The van der Waals surface area contributed by atoms with Gasteiger partial charge in [-0.15, -0.1) is 0 Å². The van der Waals surface area contributed by atoms with Crippen molar-refractivity contribution < 1.29 is 19.7 Å². The number of aromatic nitrogens is 1. The highest BCUT2D eigenvalue weighted by Crippen LogP contribution is 2.64. The molecule has 2 aliphatic rings. The van der Waals surface area contributed by atoms with Crippen LogP contribution in [0.2, 0.25) is 0 Å². The molecule has 2 aliphatic heterocycles. The maximum Gasteiger partial charge on any atom is 0.205 e. The summed E-state index contributed by atoms with van der Waals surface area (Å²) in [5.41, 5.74) is 1.06. The number of ether oxygens (including phenoxy) is 2. The third-order valence-electron chi connectivity index (χ3n) is 7.53. The van der Waals surface area contributed by atoms with Crippen molar-refractivity contribution in [3.05, 3.63) is 107 Å². The molecule has 6 rings (SSSR count). The van der Waals surface area contributed by atoms with E-state index >= 15 is 0 Å². The van der Waals surface area contributed by atoms with Crippen molar-refractivity contribution in [3.8, 4) is 23.5 Å². The van der Waals surface area contributed by atoms with Crippen LogP contribution in [0.5, 0.6) is 11.8 Å². The Morgan fingerprint density at radius 2 is 1.55 bits per heavy atom. The molecule has 7 nitrogen and oxygen atoms in total. The first kappa shape index (κ1) is 23.8. The zero-order valence-electron chi connectivity index (χ0n) is 20.6. The minimum absolute atomic E-state index is 0.121. The van der Waals surface area contributed by atoms with Gasteiger partial charge in [0, 0.05) is 12.8 Å². The van der Waals surface area contributed by atoms with Crippen LogP contribution in [0.3, 0.4) is 0 Å². The molecule has 2 unspecified atom stereocenters. The molecule has 3 heterocycles. The number of benzene rings is 3. The largest absolute Gasteiger partial charge is 0.494 e. The van der Waals surface area contributed by atoms with Gasteiger partial charge in [-0.1, -0.05) is 60.7 Å². The second-order valence-electron chi connectivity index (χ2n) is 9.65. The van der Waals surface area contributed by atoms with Crippen LogP contribution in [0, 0.1) is 17.9 Å². The molecule has 0 radical (unpaired) electrons. The number of fused-ring (bicyclic) bond motifs is 6. The maximum absolute atomic E-state index is 11.7. The standard InChI is InChI=1S/C31H25N3O4/c1-33-24-12-13-25(23-11-6-5-10-22(23)24)34-28(35)26-27(29(34)36)31(16-15-30(26,38-31)14-7-18-32)17-19-37-20-21-8-3-2-4-9-21/h2-6,8-13,15-16,35-36H,7,14,17,19-20H2. The first-order chi connectivity index (χ1) is 18.5. The minimum atomic E-state index is -1.02. The number of hydrogen-bond acceptors (Lipinski definition) is 5. The topological polar surface area (TPSA) is 92.0 Å². The fourth-order valence-corrected chi connectivity index (χ4v) is 5.82. The smallest absolute Gasteiger partial charge is 0.205 e. The van der Waals surface area contributed by atoms with Crippen LogP contribution in [0.1, 0.15) is 36.0 Å².